The molecular weight excluding hydrogens is 497 g/mol. The third-order valence-corrected chi connectivity index (χ3v) is 7.51. The Morgan fingerprint density at radius 3 is 2.16 bits per heavy atom. The summed E-state index contributed by atoms with van der Waals surface area (Å²) < 4.78 is 47.4. The Kier molecular flexibility index (Phi) is 9.24. The van der Waals surface area contributed by atoms with Crippen LogP contribution in [-0.4, -0.2) is 51.4 Å². The Morgan fingerprint density at radius 2 is 1.59 bits per heavy atom. The lowest BCUT2D eigenvalue weighted by molar-refractivity contribution is -0.139. The minimum absolute atomic E-state index is 0.0676. The molecule has 0 radical (unpaired) electrons. The molecule has 1 N–H and O–H groups in total. The SMILES string of the molecule is CCOc1ccc(S(=O)(=O)N(CC(=O)N(Cc2ccccc2)[C@H](C)C(=O)NC)c2ccc(F)cc2)cc1. The summed E-state index contributed by atoms with van der Waals surface area (Å²) >= 11 is 0. The lowest BCUT2D eigenvalue weighted by atomic mass is 10.1. The summed E-state index contributed by atoms with van der Waals surface area (Å²) in [5.74, 6) is -1.04. The van der Waals surface area contributed by atoms with E-state index in [0.717, 1.165) is 22.0 Å². The Morgan fingerprint density at radius 1 is 0.973 bits per heavy atom. The van der Waals surface area contributed by atoms with Gasteiger partial charge in [-0.1, -0.05) is 30.3 Å². The molecule has 0 heterocycles. The first kappa shape index (κ1) is 27.7. The molecule has 8 nitrogen and oxygen atoms in total. The zero-order chi connectivity index (χ0) is 27.0. The van der Waals surface area contributed by atoms with E-state index >= 15 is 0 Å². The van der Waals surface area contributed by atoms with Crippen LogP contribution in [0.5, 0.6) is 5.75 Å². The lowest BCUT2D eigenvalue weighted by Gasteiger charge is -2.31. The van der Waals surface area contributed by atoms with Crippen molar-refractivity contribution in [3.8, 4) is 5.75 Å². The number of nitrogens with zero attached hydrogens (tertiary/aromatic N) is 2. The van der Waals surface area contributed by atoms with Gasteiger partial charge in [0.15, 0.2) is 0 Å². The number of rotatable bonds is 11. The van der Waals surface area contributed by atoms with Crippen LogP contribution in [0.2, 0.25) is 0 Å². The Labute approximate surface area is 216 Å². The van der Waals surface area contributed by atoms with Gasteiger partial charge in [0.1, 0.15) is 24.2 Å². The van der Waals surface area contributed by atoms with Crippen molar-refractivity contribution in [1.82, 2.24) is 10.2 Å². The maximum absolute atomic E-state index is 13.7. The monoisotopic (exact) mass is 527 g/mol. The lowest BCUT2D eigenvalue weighted by Crippen LogP contribution is -2.50. The number of carbonyl (C=O) groups excluding carboxylic acids is 2. The van der Waals surface area contributed by atoms with E-state index in [0.29, 0.717) is 12.4 Å². The number of likely N-dealkylation sites (N-methyl/N-ethyl adjacent to an activating group) is 1. The zero-order valence-electron chi connectivity index (χ0n) is 20.9. The number of sulfonamides is 1. The molecule has 0 aromatic heterocycles. The van der Waals surface area contributed by atoms with Gasteiger partial charge in [0.25, 0.3) is 10.0 Å². The average Bonchev–Trinajstić information content (AvgIpc) is 2.91. The fourth-order valence-corrected chi connectivity index (χ4v) is 5.12. The van der Waals surface area contributed by atoms with Crippen LogP contribution in [0.1, 0.15) is 19.4 Å². The predicted octanol–water partition coefficient (Wildman–Crippen LogP) is 3.58. The molecule has 0 fully saturated rings. The third kappa shape index (κ3) is 6.85. The van der Waals surface area contributed by atoms with Crippen molar-refractivity contribution < 1.29 is 27.1 Å². The van der Waals surface area contributed by atoms with Crippen LogP contribution in [0.15, 0.2) is 83.8 Å². The van der Waals surface area contributed by atoms with Gasteiger partial charge < -0.3 is 15.0 Å². The highest BCUT2D eigenvalue weighted by molar-refractivity contribution is 7.92. The van der Waals surface area contributed by atoms with Gasteiger partial charge in [-0.05, 0) is 67.9 Å². The van der Waals surface area contributed by atoms with E-state index in [2.05, 4.69) is 5.32 Å². The van der Waals surface area contributed by atoms with Crippen LogP contribution < -0.4 is 14.4 Å². The second kappa shape index (κ2) is 12.4. The fraction of sp³-hybridized carbons (Fsp3) is 0.259. The first-order valence-corrected chi connectivity index (χ1v) is 13.2. The predicted molar refractivity (Wildman–Crippen MR) is 139 cm³/mol. The second-order valence-corrected chi connectivity index (χ2v) is 10.1. The van der Waals surface area contributed by atoms with Crippen LogP contribution in [0.4, 0.5) is 10.1 Å². The number of halogens is 1. The molecule has 3 aromatic carbocycles. The summed E-state index contributed by atoms with van der Waals surface area (Å²) in [6.45, 7) is 3.30. The van der Waals surface area contributed by atoms with Gasteiger partial charge in [0.05, 0.1) is 17.2 Å². The van der Waals surface area contributed by atoms with Crippen LogP contribution in [-0.2, 0) is 26.2 Å². The van der Waals surface area contributed by atoms with Gasteiger partial charge in [-0.15, -0.1) is 0 Å². The third-order valence-electron chi connectivity index (χ3n) is 5.73. The standard InChI is InChI=1S/C27H30FN3O5S/c1-4-36-24-14-16-25(17-15-24)37(34,35)31(23-12-10-22(28)11-13-23)19-26(32)30(20(2)27(33)29-3)18-21-8-6-5-7-9-21/h5-17,20H,4,18-19H2,1-3H3,(H,29,33)/t20-/m1/s1. The number of hydrogen-bond donors (Lipinski definition) is 1. The highest BCUT2D eigenvalue weighted by Gasteiger charge is 2.32. The van der Waals surface area contributed by atoms with Crippen molar-refractivity contribution in [1.29, 1.82) is 0 Å². The first-order chi connectivity index (χ1) is 17.7. The normalized spacial score (nSPS) is 11.9. The molecule has 10 heteroatoms. The number of hydrogen-bond acceptors (Lipinski definition) is 5. The van der Waals surface area contributed by atoms with Crippen LogP contribution >= 0.6 is 0 Å². The second-order valence-electron chi connectivity index (χ2n) is 8.19. The van der Waals surface area contributed by atoms with E-state index in [1.165, 1.54) is 48.3 Å². The Bertz CT molecular complexity index is 1300. The molecule has 37 heavy (non-hydrogen) atoms. The number of carbonyl (C=O) groups is 2. The molecular formula is C27H30FN3O5S. The van der Waals surface area contributed by atoms with Crippen molar-refractivity contribution in [3.63, 3.8) is 0 Å². The molecule has 3 rings (SSSR count). The molecule has 1 atom stereocenters. The van der Waals surface area contributed by atoms with E-state index in [9.17, 15) is 22.4 Å². The van der Waals surface area contributed by atoms with Gasteiger partial charge >= 0.3 is 0 Å². The van der Waals surface area contributed by atoms with Crippen LogP contribution in [0, 0.1) is 5.82 Å². The van der Waals surface area contributed by atoms with Gasteiger partial charge in [-0.25, -0.2) is 12.8 Å². The largest absolute Gasteiger partial charge is 0.494 e. The van der Waals surface area contributed by atoms with E-state index in [1.807, 2.05) is 37.3 Å². The molecule has 3 aromatic rings. The molecule has 0 saturated heterocycles. The van der Waals surface area contributed by atoms with Crippen molar-refractivity contribution in [3.05, 3.63) is 90.2 Å². The van der Waals surface area contributed by atoms with Crippen molar-refractivity contribution in [2.75, 3.05) is 24.5 Å². The van der Waals surface area contributed by atoms with E-state index in [4.69, 9.17) is 4.74 Å². The quantitative estimate of drug-likeness (QED) is 0.411. The summed E-state index contributed by atoms with van der Waals surface area (Å²) in [4.78, 5) is 27.3. The number of anilines is 1. The summed E-state index contributed by atoms with van der Waals surface area (Å²) in [7, 11) is -2.78. The van der Waals surface area contributed by atoms with Gasteiger partial charge in [0.2, 0.25) is 11.8 Å². The molecule has 0 aliphatic heterocycles. The molecule has 0 aliphatic carbocycles. The topological polar surface area (TPSA) is 96.0 Å². The minimum atomic E-state index is -4.24. The van der Waals surface area contributed by atoms with Crippen molar-refractivity contribution in [2.24, 2.45) is 0 Å². The van der Waals surface area contributed by atoms with Crippen LogP contribution in [0.3, 0.4) is 0 Å². The van der Waals surface area contributed by atoms with Crippen molar-refractivity contribution >= 4 is 27.5 Å². The average molecular weight is 528 g/mol. The minimum Gasteiger partial charge on any atom is -0.494 e. The maximum Gasteiger partial charge on any atom is 0.264 e. The first-order valence-electron chi connectivity index (χ1n) is 11.7. The number of ether oxygens (including phenoxy) is 1. The molecule has 0 saturated carbocycles. The van der Waals surface area contributed by atoms with Gasteiger partial charge in [-0.3, -0.25) is 13.9 Å². The molecule has 0 aliphatic rings. The van der Waals surface area contributed by atoms with E-state index < -0.39 is 40.2 Å². The van der Waals surface area contributed by atoms with Gasteiger partial charge in [-0.2, -0.15) is 0 Å². The molecule has 0 bridgehead atoms. The summed E-state index contributed by atoms with van der Waals surface area (Å²) in [6.07, 6.45) is 0. The Hall–Kier alpha value is -3.92. The van der Waals surface area contributed by atoms with E-state index in [-0.39, 0.29) is 17.1 Å². The van der Waals surface area contributed by atoms with Crippen molar-refractivity contribution in [2.45, 2.75) is 31.3 Å². The summed E-state index contributed by atoms with van der Waals surface area (Å²) in [5, 5.41) is 2.53. The summed E-state index contributed by atoms with van der Waals surface area (Å²) in [6, 6.07) is 18.8. The number of benzene rings is 3. The number of nitrogens with one attached hydrogen (secondary N) is 1. The van der Waals surface area contributed by atoms with Crippen LogP contribution in [0.25, 0.3) is 0 Å². The molecule has 196 valence electrons. The van der Waals surface area contributed by atoms with E-state index in [1.54, 1.807) is 6.92 Å². The highest BCUT2D eigenvalue weighted by atomic mass is 32.2. The molecule has 0 spiro atoms. The molecule has 2 amide bonds. The Balaban J connectivity index is 2.00. The number of amides is 2. The smallest absolute Gasteiger partial charge is 0.264 e. The van der Waals surface area contributed by atoms with Gasteiger partial charge in [0, 0.05) is 13.6 Å². The molecule has 0 unspecified atom stereocenters. The zero-order valence-corrected chi connectivity index (χ0v) is 21.7. The maximum atomic E-state index is 13.7. The highest BCUT2D eigenvalue weighted by Crippen LogP contribution is 2.26. The fourth-order valence-electron chi connectivity index (χ4n) is 3.71. The summed E-state index contributed by atoms with van der Waals surface area (Å²) in [5.41, 5.74) is 0.880.